The minimum Gasteiger partial charge on any atom is -0.479 e. The Morgan fingerprint density at radius 3 is 2.73 bits per heavy atom. The summed E-state index contributed by atoms with van der Waals surface area (Å²) in [5.74, 6) is -0.964. The second kappa shape index (κ2) is 5.14. The summed E-state index contributed by atoms with van der Waals surface area (Å²) in [6.07, 6.45) is -0.491. The average Bonchev–Trinajstić information content (AvgIpc) is 2.19. The molecule has 0 amide bonds. The molecule has 1 rings (SSSR count). The van der Waals surface area contributed by atoms with Crippen molar-refractivity contribution < 1.29 is 14.6 Å². The molecule has 3 nitrogen and oxygen atoms in total. The smallest absolute Gasteiger partial charge is 0.333 e. The molecule has 82 valence electrons. The summed E-state index contributed by atoms with van der Waals surface area (Å²) >= 11 is 5.93. The topological polar surface area (TPSA) is 46.5 Å². The molecule has 0 radical (unpaired) electrons. The van der Waals surface area contributed by atoms with E-state index in [9.17, 15) is 4.79 Å². The van der Waals surface area contributed by atoms with Crippen molar-refractivity contribution in [3.8, 4) is 0 Å². The van der Waals surface area contributed by atoms with E-state index in [1.54, 1.807) is 6.07 Å². The highest BCUT2D eigenvalue weighted by Gasteiger charge is 2.16. The number of carbonyl (C=O) groups is 1. The summed E-state index contributed by atoms with van der Waals surface area (Å²) < 4.78 is 4.84. The van der Waals surface area contributed by atoms with Gasteiger partial charge in [-0.15, -0.1) is 0 Å². The van der Waals surface area contributed by atoms with Gasteiger partial charge in [-0.2, -0.15) is 0 Å². The number of methoxy groups -OCH3 is 1. The van der Waals surface area contributed by atoms with Crippen LogP contribution in [0, 0.1) is 6.92 Å². The van der Waals surface area contributed by atoms with Crippen molar-refractivity contribution in [2.45, 2.75) is 19.4 Å². The Labute approximate surface area is 93.6 Å². The van der Waals surface area contributed by atoms with Gasteiger partial charge in [0.2, 0.25) is 0 Å². The van der Waals surface area contributed by atoms with Crippen LogP contribution in [0.4, 0.5) is 0 Å². The van der Waals surface area contributed by atoms with Gasteiger partial charge in [0.05, 0.1) is 0 Å². The van der Waals surface area contributed by atoms with Crippen molar-refractivity contribution in [1.29, 1.82) is 0 Å². The Morgan fingerprint density at radius 2 is 2.27 bits per heavy atom. The van der Waals surface area contributed by atoms with Gasteiger partial charge in [0.1, 0.15) is 0 Å². The molecule has 0 aliphatic carbocycles. The highest BCUT2D eigenvalue weighted by atomic mass is 35.5. The Hall–Kier alpha value is -1.06. The number of aliphatic carboxylic acids is 1. The number of hydrogen-bond acceptors (Lipinski definition) is 2. The number of halogens is 1. The highest BCUT2D eigenvalue weighted by molar-refractivity contribution is 6.31. The van der Waals surface area contributed by atoms with Gasteiger partial charge < -0.3 is 9.84 Å². The standard InChI is InChI=1S/C11H13ClO3/c1-7-3-4-8(5-9(7)12)6-10(15-2)11(13)14/h3-5,10H,6H2,1-2H3,(H,13,14)/t10-/m0/s1. The maximum Gasteiger partial charge on any atom is 0.333 e. The van der Waals surface area contributed by atoms with E-state index in [1.807, 2.05) is 19.1 Å². The first kappa shape index (κ1) is 12.0. The van der Waals surface area contributed by atoms with E-state index in [0.717, 1.165) is 11.1 Å². The maximum absolute atomic E-state index is 10.7. The Bertz CT molecular complexity index is 363. The van der Waals surface area contributed by atoms with Crippen molar-refractivity contribution >= 4 is 17.6 Å². The zero-order valence-electron chi connectivity index (χ0n) is 8.66. The second-order valence-corrected chi connectivity index (χ2v) is 3.76. The zero-order valence-corrected chi connectivity index (χ0v) is 9.41. The van der Waals surface area contributed by atoms with Crippen molar-refractivity contribution in [2.75, 3.05) is 7.11 Å². The van der Waals surface area contributed by atoms with Crippen LogP contribution in [-0.4, -0.2) is 24.3 Å². The van der Waals surface area contributed by atoms with Crippen LogP contribution in [-0.2, 0) is 16.0 Å². The predicted octanol–water partition coefficient (Wildman–Crippen LogP) is 2.29. The van der Waals surface area contributed by atoms with Gasteiger partial charge in [-0.3, -0.25) is 0 Å². The molecule has 1 aromatic rings. The molecule has 1 atom stereocenters. The quantitative estimate of drug-likeness (QED) is 0.860. The molecule has 4 heteroatoms. The lowest BCUT2D eigenvalue weighted by Crippen LogP contribution is -2.24. The second-order valence-electron chi connectivity index (χ2n) is 3.35. The number of aryl methyl sites for hydroxylation is 1. The Morgan fingerprint density at radius 1 is 1.60 bits per heavy atom. The third-order valence-electron chi connectivity index (χ3n) is 2.22. The van der Waals surface area contributed by atoms with Crippen LogP contribution < -0.4 is 0 Å². The summed E-state index contributed by atoms with van der Waals surface area (Å²) in [4.78, 5) is 10.7. The summed E-state index contributed by atoms with van der Waals surface area (Å²) in [6, 6.07) is 5.49. The van der Waals surface area contributed by atoms with Crippen LogP contribution in [0.1, 0.15) is 11.1 Å². The first-order valence-electron chi connectivity index (χ1n) is 4.55. The fourth-order valence-electron chi connectivity index (χ4n) is 1.25. The van der Waals surface area contributed by atoms with Crippen LogP contribution in [0.15, 0.2) is 18.2 Å². The zero-order chi connectivity index (χ0) is 11.4. The molecular formula is C11H13ClO3. The molecule has 0 saturated heterocycles. The average molecular weight is 229 g/mol. The van der Waals surface area contributed by atoms with Gasteiger partial charge >= 0.3 is 5.97 Å². The monoisotopic (exact) mass is 228 g/mol. The predicted molar refractivity (Wildman–Crippen MR) is 58.3 cm³/mol. The third kappa shape index (κ3) is 3.22. The van der Waals surface area contributed by atoms with E-state index in [1.165, 1.54) is 7.11 Å². The van der Waals surface area contributed by atoms with E-state index >= 15 is 0 Å². The molecule has 0 heterocycles. The molecule has 0 spiro atoms. The van der Waals surface area contributed by atoms with Crippen LogP contribution >= 0.6 is 11.6 Å². The van der Waals surface area contributed by atoms with Gasteiger partial charge in [-0.25, -0.2) is 4.79 Å². The fraction of sp³-hybridized carbons (Fsp3) is 0.364. The molecule has 0 aliphatic heterocycles. The number of ether oxygens (including phenoxy) is 1. The van der Waals surface area contributed by atoms with Gasteiger partial charge in [0.15, 0.2) is 6.10 Å². The van der Waals surface area contributed by atoms with Crippen LogP contribution in [0.25, 0.3) is 0 Å². The number of hydrogen-bond donors (Lipinski definition) is 1. The molecule has 0 aliphatic rings. The highest BCUT2D eigenvalue weighted by Crippen LogP contribution is 2.18. The van der Waals surface area contributed by atoms with Gasteiger partial charge in [-0.05, 0) is 24.1 Å². The lowest BCUT2D eigenvalue weighted by molar-refractivity contribution is -0.148. The van der Waals surface area contributed by atoms with Gasteiger partial charge in [0, 0.05) is 18.6 Å². The number of carboxylic acids is 1. The SMILES string of the molecule is CO[C@@H](Cc1ccc(C)c(Cl)c1)C(=O)O. The van der Waals surface area contributed by atoms with Crippen LogP contribution in [0.3, 0.4) is 0 Å². The summed E-state index contributed by atoms with van der Waals surface area (Å²) in [6.45, 7) is 1.90. The summed E-state index contributed by atoms with van der Waals surface area (Å²) in [5.41, 5.74) is 1.84. The first-order valence-corrected chi connectivity index (χ1v) is 4.93. The normalized spacial score (nSPS) is 12.5. The lowest BCUT2D eigenvalue weighted by Gasteiger charge is -2.10. The van der Waals surface area contributed by atoms with E-state index in [4.69, 9.17) is 21.4 Å². The molecule has 15 heavy (non-hydrogen) atoms. The Balaban J connectivity index is 2.80. The van der Waals surface area contributed by atoms with E-state index in [0.29, 0.717) is 11.4 Å². The Kier molecular flexibility index (Phi) is 4.12. The van der Waals surface area contributed by atoms with Crippen LogP contribution in [0.5, 0.6) is 0 Å². The minimum atomic E-state index is -0.964. The van der Waals surface area contributed by atoms with E-state index < -0.39 is 12.1 Å². The first-order chi connectivity index (χ1) is 7.04. The molecular weight excluding hydrogens is 216 g/mol. The fourth-order valence-corrected chi connectivity index (χ4v) is 1.45. The van der Waals surface area contributed by atoms with Crippen molar-refractivity contribution in [2.24, 2.45) is 0 Å². The van der Waals surface area contributed by atoms with E-state index in [2.05, 4.69) is 0 Å². The number of rotatable bonds is 4. The van der Waals surface area contributed by atoms with Crippen molar-refractivity contribution in [3.63, 3.8) is 0 Å². The lowest BCUT2D eigenvalue weighted by atomic mass is 10.1. The number of benzene rings is 1. The van der Waals surface area contributed by atoms with E-state index in [-0.39, 0.29) is 0 Å². The van der Waals surface area contributed by atoms with Crippen LogP contribution in [0.2, 0.25) is 5.02 Å². The summed E-state index contributed by atoms with van der Waals surface area (Å²) in [5, 5.41) is 9.45. The summed E-state index contributed by atoms with van der Waals surface area (Å²) in [7, 11) is 1.38. The molecule has 0 aromatic heterocycles. The van der Waals surface area contributed by atoms with Gasteiger partial charge in [0.25, 0.3) is 0 Å². The molecule has 1 N–H and O–H groups in total. The third-order valence-corrected chi connectivity index (χ3v) is 2.62. The molecule has 1 aromatic carbocycles. The maximum atomic E-state index is 10.7. The molecule has 0 fully saturated rings. The molecule has 0 saturated carbocycles. The molecule has 0 unspecified atom stereocenters. The van der Waals surface area contributed by atoms with Crippen molar-refractivity contribution in [1.82, 2.24) is 0 Å². The van der Waals surface area contributed by atoms with Gasteiger partial charge in [-0.1, -0.05) is 23.7 Å². The molecule has 0 bridgehead atoms. The number of carboxylic acid groups (broad SMARTS) is 1. The largest absolute Gasteiger partial charge is 0.479 e. The minimum absolute atomic E-state index is 0.325. The van der Waals surface area contributed by atoms with Crippen molar-refractivity contribution in [3.05, 3.63) is 34.3 Å².